The zero-order valence-electron chi connectivity index (χ0n) is 22.6. The Bertz CT molecular complexity index is 1540. The molecule has 0 saturated heterocycles. The molecule has 1 atom stereocenters. The van der Waals surface area contributed by atoms with Crippen molar-refractivity contribution in [2.45, 2.75) is 38.1 Å². The summed E-state index contributed by atoms with van der Waals surface area (Å²) in [5, 5.41) is 12.8. The smallest absolute Gasteiger partial charge is 0.191 e. The molecule has 200 valence electrons. The number of benzene rings is 2. The first kappa shape index (κ1) is 25.1. The molecule has 1 N–H and O–H groups in total. The highest BCUT2D eigenvalue weighted by Gasteiger charge is 2.33. The fourth-order valence-electron chi connectivity index (χ4n) is 5.01. The summed E-state index contributed by atoms with van der Waals surface area (Å²) < 4.78 is 19.9. The Hall–Kier alpha value is -4.17. The molecule has 8 heteroatoms. The van der Waals surface area contributed by atoms with Crippen LogP contribution in [0.15, 0.2) is 77.2 Å². The van der Waals surface area contributed by atoms with Crippen molar-refractivity contribution in [2.24, 2.45) is 17.3 Å². The molecule has 0 spiro atoms. The van der Waals surface area contributed by atoms with E-state index in [9.17, 15) is 0 Å². The third kappa shape index (κ3) is 5.52. The van der Waals surface area contributed by atoms with E-state index in [-0.39, 0.29) is 11.7 Å². The fourth-order valence-corrected chi connectivity index (χ4v) is 5.01. The normalized spacial score (nSPS) is 17.4. The molecule has 2 aliphatic rings. The first-order chi connectivity index (χ1) is 19.0. The van der Waals surface area contributed by atoms with Gasteiger partial charge in [0, 0.05) is 37.2 Å². The number of hydrogen-bond donors (Lipinski definition) is 1. The van der Waals surface area contributed by atoms with Gasteiger partial charge in [-0.1, -0.05) is 42.5 Å². The summed E-state index contributed by atoms with van der Waals surface area (Å²) >= 11 is 0. The molecule has 39 heavy (non-hydrogen) atoms. The van der Waals surface area contributed by atoms with Crippen molar-refractivity contribution in [1.29, 1.82) is 0 Å². The molecule has 1 unspecified atom stereocenters. The van der Waals surface area contributed by atoms with Crippen LogP contribution in [-0.2, 0) is 20.1 Å². The number of aromatic nitrogens is 2. The van der Waals surface area contributed by atoms with Gasteiger partial charge in [-0.05, 0) is 48.2 Å². The van der Waals surface area contributed by atoms with Crippen LogP contribution >= 0.6 is 0 Å². The SMILES string of the molecule is COc1cc2c(cc1OCc1ccccc1)CCNC2/C=C/c1cn(C)c2ncc(OCCC3(C)N=N3)cc12. The van der Waals surface area contributed by atoms with E-state index >= 15 is 0 Å². The van der Waals surface area contributed by atoms with Gasteiger partial charge >= 0.3 is 0 Å². The highest BCUT2D eigenvalue weighted by atomic mass is 16.5. The summed E-state index contributed by atoms with van der Waals surface area (Å²) in [6, 6.07) is 16.5. The van der Waals surface area contributed by atoms with E-state index in [0.29, 0.717) is 13.2 Å². The molecule has 0 radical (unpaired) electrons. The van der Waals surface area contributed by atoms with Crippen LogP contribution in [0.3, 0.4) is 0 Å². The van der Waals surface area contributed by atoms with Crippen molar-refractivity contribution in [1.82, 2.24) is 14.9 Å². The Labute approximate surface area is 228 Å². The van der Waals surface area contributed by atoms with Crippen molar-refractivity contribution in [3.63, 3.8) is 0 Å². The van der Waals surface area contributed by atoms with E-state index in [2.05, 4.69) is 69.2 Å². The first-order valence-corrected chi connectivity index (χ1v) is 13.3. The molecule has 8 nitrogen and oxygen atoms in total. The van der Waals surface area contributed by atoms with Gasteiger partial charge in [-0.3, -0.25) is 0 Å². The Kier molecular flexibility index (Phi) is 6.79. The summed E-state index contributed by atoms with van der Waals surface area (Å²) in [6.45, 7) is 3.95. The van der Waals surface area contributed by atoms with Crippen molar-refractivity contribution >= 4 is 17.1 Å². The fraction of sp³-hybridized carbons (Fsp3) is 0.323. The van der Waals surface area contributed by atoms with Crippen LogP contribution < -0.4 is 19.5 Å². The number of aryl methyl sites for hydroxylation is 1. The number of ether oxygens (including phenoxy) is 3. The average Bonchev–Trinajstić information content (AvgIpc) is 3.61. The second-order valence-electron chi connectivity index (χ2n) is 10.3. The van der Waals surface area contributed by atoms with E-state index in [1.807, 2.05) is 36.7 Å². The standard InChI is InChI=1S/C31H33N5O3/c1-31(34-35-31)12-14-38-24-16-26-23(19-36(2)30(26)33-18-24)9-10-27-25-17-28(37-3)29(15-22(25)11-13-32-27)39-20-21-7-5-4-6-8-21/h4-10,15-19,27,32H,11-14,20H2,1-3H3/b10-9+. The van der Waals surface area contributed by atoms with E-state index < -0.39 is 0 Å². The highest BCUT2D eigenvalue weighted by Crippen LogP contribution is 2.37. The second kappa shape index (κ2) is 10.5. The van der Waals surface area contributed by atoms with E-state index in [1.54, 1.807) is 13.3 Å². The Morgan fingerprint density at radius 3 is 2.74 bits per heavy atom. The van der Waals surface area contributed by atoms with E-state index in [1.165, 1.54) is 11.1 Å². The van der Waals surface area contributed by atoms with E-state index in [0.717, 1.165) is 58.8 Å². The van der Waals surface area contributed by atoms with E-state index in [4.69, 9.17) is 14.2 Å². The van der Waals surface area contributed by atoms with Crippen molar-refractivity contribution in [3.8, 4) is 17.2 Å². The molecule has 0 fully saturated rings. The minimum absolute atomic E-state index is 0.0558. The van der Waals surface area contributed by atoms with Gasteiger partial charge in [-0.25, -0.2) is 4.98 Å². The lowest BCUT2D eigenvalue weighted by molar-refractivity contribution is 0.283. The molecule has 2 aliphatic heterocycles. The molecule has 4 heterocycles. The molecular formula is C31H33N5O3. The van der Waals surface area contributed by atoms with Crippen LogP contribution in [0.1, 0.15) is 41.6 Å². The predicted molar refractivity (Wildman–Crippen MR) is 151 cm³/mol. The van der Waals surface area contributed by atoms with Crippen LogP contribution in [0.4, 0.5) is 0 Å². The van der Waals surface area contributed by atoms with Crippen LogP contribution in [0.25, 0.3) is 17.1 Å². The van der Waals surface area contributed by atoms with Gasteiger partial charge in [0.1, 0.15) is 18.0 Å². The van der Waals surface area contributed by atoms with Gasteiger partial charge in [0.05, 0.1) is 26.0 Å². The van der Waals surface area contributed by atoms with Gasteiger partial charge in [-0.15, -0.1) is 0 Å². The van der Waals surface area contributed by atoms with Gasteiger partial charge in [0.15, 0.2) is 17.2 Å². The average molecular weight is 524 g/mol. The van der Waals surface area contributed by atoms with Gasteiger partial charge in [0.2, 0.25) is 0 Å². The van der Waals surface area contributed by atoms with Crippen molar-refractivity contribution in [3.05, 3.63) is 89.3 Å². The maximum absolute atomic E-state index is 6.16. The highest BCUT2D eigenvalue weighted by molar-refractivity contribution is 5.88. The maximum atomic E-state index is 6.16. The Morgan fingerprint density at radius 2 is 1.95 bits per heavy atom. The minimum Gasteiger partial charge on any atom is -0.493 e. The number of methoxy groups -OCH3 is 1. The zero-order chi connectivity index (χ0) is 26.8. The number of nitrogens with zero attached hydrogens (tertiary/aromatic N) is 4. The zero-order valence-corrected chi connectivity index (χ0v) is 22.6. The monoisotopic (exact) mass is 523 g/mol. The van der Waals surface area contributed by atoms with Gasteiger partial charge in [-0.2, -0.15) is 10.2 Å². The molecule has 6 rings (SSSR count). The van der Waals surface area contributed by atoms with Crippen molar-refractivity contribution < 1.29 is 14.2 Å². The van der Waals surface area contributed by atoms with Gasteiger partial charge in [0.25, 0.3) is 0 Å². The summed E-state index contributed by atoms with van der Waals surface area (Å²) in [4.78, 5) is 4.65. The Balaban J connectivity index is 1.21. The summed E-state index contributed by atoms with van der Waals surface area (Å²) in [5.41, 5.74) is 5.34. The number of hydrogen-bond acceptors (Lipinski definition) is 7. The first-order valence-electron chi connectivity index (χ1n) is 13.3. The summed E-state index contributed by atoms with van der Waals surface area (Å²) in [7, 11) is 3.70. The Morgan fingerprint density at radius 1 is 1.10 bits per heavy atom. The minimum atomic E-state index is -0.265. The number of nitrogens with one attached hydrogen (secondary N) is 1. The molecular weight excluding hydrogens is 490 g/mol. The van der Waals surface area contributed by atoms with Crippen LogP contribution in [-0.4, -0.2) is 35.5 Å². The molecule has 0 bridgehead atoms. The topological polar surface area (TPSA) is 82.3 Å². The number of rotatable bonds is 10. The summed E-state index contributed by atoms with van der Waals surface area (Å²) in [6.07, 6.45) is 9.95. The number of fused-ring (bicyclic) bond motifs is 2. The maximum Gasteiger partial charge on any atom is 0.191 e. The molecule has 2 aromatic carbocycles. The lowest BCUT2D eigenvalue weighted by Crippen LogP contribution is -2.28. The molecule has 0 amide bonds. The molecule has 0 aliphatic carbocycles. The van der Waals surface area contributed by atoms with Crippen LogP contribution in [0.5, 0.6) is 17.2 Å². The third-order valence-corrected chi connectivity index (χ3v) is 7.33. The largest absolute Gasteiger partial charge is 0.493 e. The van der Waals surface area contributed by atoms with Crippen LogP contribution in [0.2, 0.25) is 0 Å². The van der Waals surface area contributed by atoms with Crippen LogP contribution in [0, 0.1) is 0 Å². The lowest BCUT2D eigenvalue weighted by Gasteiger charge is -2.26. The molecule has 2 aromatic heterocycles. The third-order valence-electron chi connectivity index (χ3n) is 7.33. The quantitative estimate of drug-likeness (QED) is 0.275. The lowest BCUT2D eigenvalue weighted by atomic mass is 9.93. The second-order valence-corrected chi connectivity index (χ2v) is 10.3. The predicted octanol–water partition coefficient (Wildman–Crippen LogP) is 6.01. The summed E-state index contributed by atoms with van der Waals surface area (Å²) in [5.74, 6) is 2.26. The van der Waals surface area contributed by atoms with Crippen molar-refractivity contribution in [2.75, 3.05) is 20.3 Å². The number of pyridine rings is 1. The van der Waals surface area contributed by atoms with Gasteiger partial charge < -0.3 is 24.1 Å². The molecule has 0 saturated carbocycles. The molecule has 4 aromatic rings.